The molecule has 1 amide bonds. The van der Waals surface area contributed by atoms with Crippen molar-refractivity contribution in [1.82, 2.24) is 10.6 Å². The second-order valence-electron chi connectivity index (χ2n) is 4.91. The third-order valence-electron chi connectivity index (χ3n) is 3.35. The van der Waals surface area contributed by atoms with Crippen LogP contribution in [-0.2, 0) is 4.79 Å². The van der Waals surface area contributed by atoms with Crippen molar-refractivity contribution in [2.45, 2.75) is 63.5 Å². The van der Waals surface area contributed by atoms with Gasteiger partial charge in [0.15, 0.2) is 0 Å². The van der Waals surface area contributed by atoms with Crippen molar-refractivity contribution in [3.63, 3.8) is 0 Å². The molecule has 0 aliphatic heterocycles. The fourth-order valence-electron chi connectivity index (χ4n) is 2.23. The summed E-state index contributed by atoms with van der Waals surface area (Å²) < 4.78 is 0. The van der Waals surface area contributed by atoms with Gasteiger partial charge in [0.25, 0.3) is 0 Å². The molecule has 0 saturated heterocycles. The molecule has 2 N–H and O–H groups in total. The first-order valence-corrected chi connectivity index (χ1v) is 6.37. The van der Waals surface area contributed by atoms with Gasteiger partial charge in [0.1, 0.15) is 0 Å². The Morgan fingerprint density at radius 3 is 2.20 bits per heavy atom. The fraction of sp³-hybridized carbons (Fsp3) is 0.917. The van der Waals surface area contributed by atoms with Crippen LogP contribution in [0.25, 0.3) is 0 Å². The molecule has 86 valence electrons. The third kappa shape index (κ3) is 4.20. The van der Waals surface area contributed by atoms with E-state index in [1.807, 2.05) is 0 Å². The Balaban J connectivity index is 1.60. The summed E-state index contributed by atoms with van der Waals surface area (Å²) in [5.41, 5.74) is 0. The van der Waals surface area contributed by atoms with E-state index >= 15 is 0 Å². The largest absolute Gasteiger partial charge is 0.352 e. The molecule has 2 saturated carbocycles. The number of nitrogens with one attached hydrogen (secondary N) is 2. The molecular weight excluding hydrogens is 188 g/mol. The zero-order chi connectivity index (χ0) is 10.5. The minimum atomic E-state index is 0.182. The SMILES string of the molecule is O=C(CNC1CCCCCC1)NC1CC1. The lowest BCUT2D eigenvalue weighted by atomic mass is 10.1. The van der Waals surface area contributed by atoms with E-state index in [0.29, 0.717) is 18.6 Å². The molecule has 0 aromatic heterocycles. The zero-order valence-corrected chi connectivity index (χ0v) is 9.43. The van der Waals surface area contributed by atoms with Crippen LogP contribution in [0.15, 0.2) is 0 Å². The van der Waals surface area contributed by atoms with Crippen LogP contribution in [0.2, 0.25) is 0 Å². The van der Waals surface area contributed by atoms with E-state index in [1.165, 1.54) is 51.4 Å². The summed E-state index contributed by atoms with van der Waals surface area (Å²) in [4.78, 5) is 11.4. The van der Waals surface area contributed by atoms with Crippen LogP contribution in [0, 0.1) is 0 Å². The van der Waals surface area contributed by atoms with E-state index in [9.17, 15) is 4.79 Å². The maximum atomic E-state index is 11.4. The Bertz CT molecular complexity index is 206. The van der Waals surface area contributed by atoms with Gasteiger partial charge in [-0.2, -0.15) is 0 Å². The number of carbonyl (C=O) groups is 1. The van der Waals surface area contributed by atoms with Crippen LogP contribution in [0.4, 0.5) is 0 Å². The molecule has 2 rings (SSSR count). The molecule has 3 heteroatoms. The lowest BCUT2D eigenvalue weighted by Crippen LogP contribution is -2.39. The summed E-state index contributed by atoms with van der Waals surface area (Å²) in [5, 5.41) is 6.39. The molecule has 0 bridgehead atoms. The number of hydrogen-bond acceptors (Lipinski definition) is 2. The average Bonchev–Trinajstić information content (AvgIpc) is 3.01. The monoisotopic (exact) mass is 210 g/mol. The predicted molar refractivity (Wildman–Crippen MR) is 60.7 cm³/mol. The summed E-state index contributed by atoms with van der Waals surface area (Å²) in [7, 11) is 0. The highest BCUT2D eigenvalue weighted by molar-refractivity contribution is 5.78. The first-order chi connectivity index (χ1) is 7.34. The van der Waals surface area contributed by atoms with Crippen LogP contribution in [0.5, 0.6) is 0 Å². The van der Waals surface area contributed by atoms with Crippen LogP contribution in [0.3, 0.4) is 0 Å². The van der Waals surface area contributed by atoms with Gasteiger partial charge in [-0.25, -0.2) is 0 Å². The molecule has 3 nitrogen and oxygen atoms in total. The van der Waals surface area contributed by atoms with Gasteiger partial charge in [-0.1, -0.05) is 25.7 Å². The molecule has 0 atom stereocenters. The molecule has 2 aliphatic carbocycles. The van der Waals surface area contributed by atoms with E-state index < -0.39 is 0 Å². The summed E-state index contributed by atoms with van der Waals surface area (Å²) in [6.45, 7) is 0.515. The topological polar surface area (TPSA) is 41.1 Å². The maximum absolute atomic E-state index is 11.4. The summed E-state index contributed by atoms with van der Waals surface area (Å²) in [6, 6.07) is 1.07. The van der Waals surface area contributed by atoms with Crippen molar-refractivity contribution in [3.8, 4) is 0 Å². The van der Waals surface area contributed by atoms with Gasteiger partial charge in [0.05, 0.1) is 6.54 Å². The number of carbonyl (C=O) groups excluding carboxylic acids is 1. The molecule has 0 heterocycles. The third-order valence-corrected chi connectivity index (χ3v) is 3.35. The standard InChI is InChI=1S/C12H22N2O/c15-12(14-11-7-8-11)9-13-10-5-3-1-2-4-6-10/h10-11,13H,1-9H2,(H,14,15). The van der Waals surface area contributed by atoms with Gasteiger partial charge < -0.3 is 10.6 Å². The molecule has 2 aliphatic rings. The van der Waals surface area contributed by atoms with Crippen molar-refractivity contribution in [3.05, 3.63) is 0 Å². The van der Waals surface area contributed by atoms with Gasteiger partial charge in [-0.05, 0) is 25.7 Å². The minimum Gasteiger partial charge on any atom is -0.352 e. The van der Waals surface area contributed by atoms with E-state index in [4.69, 9.17) is 0 Å². The first kappa shape index (κ1) is 10.9. The Morgan fingerprint density at radius 2 is 1.60 bits per heavy atom. The van der Waals surface area contributed by atoms with Crippen molar-refractivity contribution in [2.75, 3.05) is 6.54 Å². The van der Waals surface area contributed by atoms with Crippen molar-refractivity contribution in [2.24, 2.45) is 0 Å². The molecule has 0 radical (unpaired) electrons. The van der Waals surface area contributed by atoms with Gasteiger partial charge in [0, 0.05) is 12.1 Å². The van der Waals surface area contributed by atoms with E-state index in [0.717, 1.165) is 0 Å². The summed E-state index contributed by atoms with van der Waals surface area (Å²) in [5.74, 6) is 0.182. The highest BCUT2D eigenvalue weighted by Gasteiger charge is 2.23. The highest BCUT2D eigenvalue weighted by atomic mass is 16.2. The fourth-order valence-corrected chi connectivity index (χ4v) is 2.23. The highest BCUT2D eigenvalue weighted by Crippen LogP contribution is 2.18. The molecular formula is C12H22N2O. The quantitative estimate of drug-likeness (QED) is 0.692. The Labute approximate surface area is 92.0 Å². The van der Waals surface area contributed by atoms with Gasteiger partial charge in [-0.15, -0.1) is 0 Å². The van der Waals surface area contributed by atoms with Gasteiger partial charge in [0.2, 0.25) is 5.91 Å². The second-order valence-corrected chi connectivity index (χ2v) is 4.91. The van der Waals surface area contributed by atoms with Gasteiger partial charge in [-0.3, -0.25) is 4.79 Å². The predicted octanol–water partition coefficient (Wildman–Crippen LogP) is 1.58. The maximum Gasteiger partial charge on any atom is 0.234 e. The Kier molecular flexibility index (Phi) is 4.01. The molecule has 2 fully saturated rings. The Hall–Kier alpha value is -0.570. The molecule has 0 spiro atoms. The second kappa shape index (κ2) is 5.50. The molecule has 0 unspecified atom stereocenters. The lowest BCUT2D eigenvalue weighted by molar-refractivity contribution is -0.120. The van der Waals surface area contributed by atoms with Crippen LogP contribution in [-0.4, -0.2) is 24.5 Å². The van der Waals surface area contributed by atoms with E-state index in [-0.39, 0.29) is 5.91 Å². The minimum absolute atomic E-state index is 0.182. The van der Waals surface area contributed by atoms with Crippen molar-refractivity contribution < 1.29 is 4.79 Å². The van der Waals surface area contributed by atoms with E-state index in [2.05, 4.69) is 10.6 Å². The number of hydrogen-bond donors (Lipinski definition) is 2. The summed E-state index contributed by atoms with van der Waals surface area (Å²) in [6.07, 6.45) is 10.2. The van der Waals surface area contributed by atoms with Crippen LogP contribution in [0.1, 0.15) is 51.4 Å². The first-order valence-electron chi connectivity index (χ1n) is 6.37. The van der Waals surface area contributed by atoms with Crippen molar-refractivity contribution >= 4 is 5.91 Å². The van der Waals surface area contributed by atoms with Crippen LogP contribution >= 0.6 is 0 Å². The number of rotatable bonds is 4. The molecule has 15 heavy (non-hydrogen) atoms. The Morgan fingerprint density at radius 1 is 0.933 bits per heavy atom. The van der Waals surface area contributed by atoms with Gasteiger partial charge >= 0.3 is 0 Å². The number of amides is 1. The van der Waals surface area contributed by atoms with Crippen LogP contribution < -0.4 is 10.6 Å². The average molecular weight is 210 g/mol. The summed E-state index contributed by atoms with van der Waals surface area (Å²) >= 11 is 0. The molecule has 0 aromatic rings. The lowest BCUT2D eigenvalue weighted by Gasteiger charge is -2.15. The van der Waals surface area contributed by atoms with Crippen molar-refractivity contribution in [1.29, 1.82) is 0 Å². The molecule has 0 aromatic carbocycles. The van der Waals surface area contributed by atoms with E-state index in [1.54, 1.807) is 0 Å². The smallest absolute Gasteiger partial charge is 0.234 e. The normalized spacial score (nSPS) is 23.5. The zero-order valence-electron chi connectivity index (χ0n) is 9.43.